The molecule has 2 aromatic carbocycles. The van der Waals surface area contributed by atoms with Crippen LogP contribution in [0, 0.1) is 21.4 Å². The molecule has 1 aromatic heterocycles. The molecule has 33 heavy (non-hydrogen) atoms. The summed E-state index contributed by atoms with van der Waals surface area (Å²) in [6.45, 7) is 2.24. The summed E-state index contributed by atoms with van der Waals surface area (Å²) >= 11 is 1.77. The highest BCUT2D eigenvalue weighted by molar-refractivity contribution is 8.00. The molecule has 0 spiro atoms. The van der Waals surface area contributed by atoms with Crippen LogP contribution in [0.4, 0.5) is 5.69 Å². The molecule has 0 aliphatic heterocycles. The first-order valence-electron chi connectivity index (χ1n) is 11.2. The zero-order valence-corrected chi connectivity index (χ0v) is 19.3. The molecule has 1 aliphatic rings. The maximum atomic E-state index is 11.2. The number of nitrogens with zero attached hydrogens (tertiary/aromatic N) is 3. The fourth-order valence-electron chi connectivity index (χ4n) is 4.17. The van der Waals surface area contributed by atoms with Crippen LogP contribution in [0.1, 0.15) is 44.6 Å². The second-order valence-corrected chi connectivity index (χ2v) is 9.25. The molecule has 0 unspecified atom stereocenters. The number of nitro benzene ring substituents is 1. The summed E-state index contributed by atoms with van der Waals surface area (Å²) in [7, 11) is 0. The third-order valence-electron chi connectivity index (χ3n) is 5.76. The molecular formula is C26H25N3O3S. The lowest BCUT2D eigenvalue weighted by Gasteiger charge is -2.25. The Morgan fingerprint density at radius 2 is 1.79 bits per heavy atom. The number of ether oxygens (including phenoxy) is 1. The van der Waals surface area contributed by atoms with E-state index in [-0.39, 0.29) is 5.69 Å². The number of nitriles is 1. The van der Waals surface area contributed by atoms with Gasteiger partial charge in [-0.2, -0.15) is 5.26 Å². The highest BCUT2D eigenvalue weighted by Gasteiger charge is 2.26. The van der Waals surface area contributed by atoms with Gasteiger partial charge in [0, 0.05) is 33.4 Å². The number of benzene rings is 2. The fraction of sp³-hybridized carbons (Fsp3) is 0.308. The van der Waals surface area contributed by atoms with Crippen molar-refractivity contribution < 1.29 is 9.66 Å². The van der Waals surface area contributed by atoms with E-state index >= 15 is 0 Å². The lowest BCUT2D eigenvalue weighted by atomic mass is 9.98. The first-order valence-corrected chi connectivity index (χ1v) is 12.1. The van der Waals surface area contributed by atoms with Crippen LogP contribution in [0.15, 0.2) is 59.5 Å². The lowest BCUT2D eigenvalue weighted by molar-refractivity contribution is -0.384. The third kappa shape index (κ3) is 5.01. The van der Waals surface area contributed by atoms with E-state index in [9.17, 15) is 15.4 Å². The topological polar surface area (TPSA) is 89.1 Å². The summed E-state index contributed by atoms with van der Waals surface area (Å²) < 4.78 is 5.81. The van der Waals surface area contributed by atoms with Crippen molar-refractivity contribution in [3.8, 4) is 34.3 Å². The van der Waals surface area contributed by atoms with Gasteiger partial charge in [0.15, 0.2) is 0 Å². The van der Waals surface area contributed by atoms with Gasteiger partial charge in [-0.05, 0) is 37.5 Å². The van der Waals surface area contributed by atoms with Gasteiger partial charge in [0.2, 0.25) is 5.88 Å². The van der Waals surface area contributed by atoms with Crippen molar-refractivity contribution in [3.63, 3.8) is 0 Å². The minimum atomic E-state index is -0.408. The third-order valence-corrected chi connectivity index (χ3v) is 7.20. The summed E-state index contributed by atoms with van der Waals surface area (Å²) in [4.78, 5) is 16.5. The van der Waals surface area contributed by atoms with Gasteiger partial charge in [-0.15, -0.1) is 11.8 Å². The number of hydrogen-bond acceptors (Lipinski definition) is 6. The van der Waals surface area contributed by atoms with E-state index < -0.39 is 4.92 Å². The van der Waals surface area contributed by atoms with Gasteiger partial charge >= 0.3 is 0 Å². The summed E-state index contributed by atoms with van der Waals surface area (Å²) in [5, 5.41) is 21.7. The molecule has 1 saturated carbocycles. The van der Waals surface area contributed by atoms with Crippen LogP contribution in [-0.2, 0) is 0 Å². The Balaban J connectivity index is 1.97. The van der Waals surface area contributed by atoms with E-state index in [1.165, 1.54) is 31.4 Å². The molecule has 1 heterocycles. The van der Waals surface area contributed by atoms with Gasteiger partial charge in [-0.1, -0.05) is 49.6 Å². The van der Waals surface area contributed by atoms with Gasteiger partial charge in [0.1, 0.15) is 11.6 Å². The molecule has 6 nitrogen and oxygen atoms in total. The first kappa shape index (κ1) is 22.8. The molecule has 1 fully saturated rings. The summed E-state index contributed by atoms with van der Waals surface area (Å²) in [6, 6.07) is 18.6. The van der Waals surface area contributed by atoms with Crippen molar-refractivity contribution in [1.82, 2.24) is 4.98 Å². The second kappa shape index (κ2) is 10.5. The van der Waals surface area contributed by atoms with Crippen LogP contribution in [0.5, 0.6) is 5.88 Å². The maximum absolute atomic E-state index is 11.2. The highest BCUT2D eigenvalue weighted by atomic mass is 32.2. The van der Waals surface area contributed by atoms with Crippen LogP contribution in [0.2, 0.25) is 0 Å². The van der Waals surface area contributed by atoms with Crippen molar-refractivity contribution in [1.29, 1.82) is 5.26 Å². The molecule has 0 atom stereocenters. The molecule has 168 valence electrons. The van der Waals surface area contributed by atoms with Crippen LogP contribution in [-0.4, -0.2) is 21.8 Å². The van der Waals surface area contributed by atoms with Crippen LogP contribution >= 0.6 is 11.8 Å². The van der Waals surface area contributed by atoms with Crippen LogP contribution < -0.4 is 4.74 Å². The maximum Gasteiger partial charge on any atom is 0.269 e. The molecule has 1 aliphatic carbocycles. The van der Waals surface area contributed by atoms with Crippen LogP contribution in [0.3, 0.4) is 0 Å². The highest BCUT2D eigenvalue weighted by Crippen LogP contribution is 2.47. The molecule has 0 radical (unpaired) electrons. The Labute approximate surface area is 197 Å². The molecule has 7 heteroatoms. The smallest absolute Gasteiger partial charge is 0.269 e. The minimum absolute atomic E-state index is 0.0298. The quantitative estimate of drug-likeness (QED) is 0.279. The average molecular weight is 460 g/mol. The predicted octanol–water partition coefficient (Wildman–Crippen LogP) is 7.02. The van der Waals surface area contributed by atoms with Crippen molar-refractivity contribution >= 4 is 17.4 Å². The normalized spacial score (nSPS) is 13.9. The van der Waals surface area contributed by atoms with Crippen LogP contribution in [0.25, 0.3) is 22.4 Å². The van der Waals surface area contributed by atoms with Crippen molar-refractivity contribution in [3.05, 3.63) is 70.3 Å². The Kier molecular flexibility index (Phi) is 7.26. The fourth-order valence-corrected chi connectivity index (χ4v) is 5.69. The van der Waals surface area contributed by atoms with Crippen molar-refractivity contribution in [2.24, 2.45) is 0 Å². The largest absolute Gasteiger partial charge is 0.477 e. The summed E-state index contributed by atoms with van der Waals surface area (Å²) in [5.74, 6) is 0.292. The van der Waals surface area contributed by atoms with Gasteiger partial charge in [-0.25, -0.2) is 4.98 Å². The SMILES string of the molecule is CCOc1nc(-c2ccc([N+](=O)[O-])cc2)c(SC2CCCCC2)c(-c2ccccc2)c1C#N. The van der Waals surface area contributed by atoms with E-state index in [1.807, 2.05) is 37.3 Å². The first-order chi connectivity index (χ1) is 16.1. The summed E-state index contributed by atoms with van der Waals surface area (Å²) in [5.41, 5.74) is 3.66. The Morgan fingerprint density at radius 1 is 1.09 bits per heavy atom. The monoisotopic (exact) mass is 459 g/mol. The van der Waals surface area contributed by atoms with Crippen molar-refractivity contribution in [2.75, 3.05) is 6.61 Å². The van der Waals surface area contributed by atoms with Gasteiger partial charge in [0.25, 0.3) is 5.69 Å². The number of rotatable bonds is 7. The number of hydrogen-bond donors (Lipinski definition) is 0. The molecule has 0 amide bonds. The predicted molar refractivity (Wildman–Crippen MR) is 130 cm³/mol. The van der Waals surface area contributed by atoms with E-state index in [2.05, 4.69) is 6.07 Å². The van der Waals surface area contributed by atoms with E-state index in [4.69, 9.17) is 9.72 Å². The molecule has 0 bridgehead atoms. The Bertz CT molecular complexity index is 1170. The number of non-ortho nitro benzene ring substituents is 1. The molecule has 0 saturated heterocycles. The lowest BCUT2D eigenvalue weighted by Crippen LogP contribution is -2.10. The van der Waals surface area contributed by atoms with Gasteiger partial charge < -0.3 is 4.74 Å². The zero-order chi connectivity index (χ0) is 23.2. The number of pyridine rings is 1. The van der Waals surface area contributed by atoms with E-state index in [0.29, 0.717) is 29.0 Å². The molecule has 3 aromatic rings. The Morgan fingerprint density at radius 3 is 2.39 bits per heavy atom. The standard InChI is InChI=1S/C26H25N3O3S/c1-2-32-26-22(17-27)23(18-9-5-3-6-10-18)25(33-21-11-7-4-8-12-21)24(28-26)19-13-15-20(16-14-19)29(30)31/h3,5-6,9-10,13-16,21H,2,4,7-8,11-12H2,1H3. The van der Waals surface area contributed by atoms with Gasteiger partial charge in [-0.3, -0.25) is 10.1 Å². The second-order valence-electron chi connectivity index (χ2n) is 7.94. The number of thioether (sulfide) groups is 1. The van der Waals surface area contributed by atoms with Gasteiger partial charge in [0.05, 0.1) is 17.2 Å². The zero-order valence-electron chi connectivity index (χ0n) is 18.5. The molecule has 4 rings (SSSR count). The van der Waals surface area contributed by atoms with E-state index in [0.717, 1.165) is 34.4 Å². The molecule has 0 N–H and O–H groups in total. The van der Waals surface area contributed by atoms with E-state index in [1.54, 1.807) is 23.9 Å². The average Bonchev–Trinajstić information content (AvgIpc) is 2.85. The summed E-state index contributed by atoms with van der Waals surface area (Å²) in [6.07, 6.45) is 5.88. The number of nitro groups is 1. The van der Waals surface area contributed by atoms with Crippen molar-refractivity contribution in [2.45, 2.75) is 49.2 Å². The number of aromatic nitrogens is 1. The minimum Gasteiger partial charge on any atom is -0.477 e. The Hall–Kier alpha value is -3.37. The molecular weight excluding hydrogens is 434 g/mol.